The normalized spacial score (nSPS) is 12.1. The van der Waals surface area contributed by atoms with Gasteiger partial charge >= 0.3 is 5.97 Å². The summed E-state index contributed by atoms with van der Waals surface area (Å²) in [6, 6.07) is 11.3. The quantitative estimate of drug-likeness (QED) is 0.540. The SMILES string of the molecule is CC(C)CC(NC(=O)CCN(C)c1ncnc2sc(-c3ccccc3)cc12)C(=O)O. The van der Waals surface area contributed by atoms with Crippen LogP contribution in [0.25, 0.3) is 20.7 Å². The molecule has 0 radical (unpaired) electrons. The zero-order chi connectivity index (χ0) is 21.7. The number of rotatable bonds is 9. The van der Waals surface area contributed by atoms with Crippen LogP contribution >= 0.6 is 11.3 Å². The summed E-state index contributed by atoms with van der Waals surface area (Å²) in [5, 5.41) is 12.9. The predicted octanol–water partition coefficient (Wildman–Crippen LogP) is 3.80. The number of carbonyl (C=O) groups excluding carboxylic acids is 1. The van der Waals surface area contributed by atoms with Gasteiger partial charge in [-0.05, 0) is 24.0 Å². The Bertz CT molecular complexity index is 1020. The zero-order valence-corrected chi connectivity index (χ0v) is 18.1. The highest BCUT2D eigenvalue weighted by Gasteiger charge is 2.21. The highest BCUT2D eigenvalue weighted by molar-refractivity contribution is 7.21. The van der Waals surface area contributed by atoms with Crippen LogP contribution in [0.4, 0.5) is 5.82 Å². The van der Waals surface area contributed by atoms with E-state index in [2.05, 4.69) is 33.5 Å². The molecule has 0 saturated heterocycles. The molecule has 0 bridgehead atoms. The van der Waals surface area contributed by atoms with Gasteiger partial charge in [-0.25, -0.2) is 14.8 Å². The third-order valence-corrected chi connectivity index (χ3v) is 5.84. The van der Waals surface area contributed by atoms with Crippen LogP contribution in [-0.4, -0.2) is 46.6 Å². The van der Waals surface area contributed by atoms with E-state index in [-0.39, 0.29) is 18.2 Å². The first kappa shape index (κ1) is 21.7. The molecular weight excluding hydrogens is 400 g/mol. The number of anilines is 1. The number of hydrogen-bond donors (Lipinski definition) is 2. The fourth-order valence-electron chi connectivity index (χ4n) is 3.23. The molecule has 2 N–H and O–H groups in total. The van der Waals surface area contributed by atoms with Gasteiger partial charge in [0.25, 0.3) is 0 Å². The molecule has 3 aromatic rings. The molecule has 2 aromatic heterocycles. The minimum Gasteiger partial charge on any atom is -0.480 e. The zero-order valence-electron chi connectivity index (χ0n) is 17.3. The molecule has 0 spiro atoms. The fourth-order valence-corrected chi connectivity index (χ4v) is 4.23. The Morgan fingerprint density at radius 2 is 1.93 bits per heavy atom. The van der Waals surface area contributed by atoms with Crippen molar-refractivity contribution in [1.82, 2.24) is 15.3 Å². The average Bonchev–Trinajstić information content (AvgIpc) is 3.16. The number of aliphatic carboxylic acids is 1. The fraction of sp³-hybridized carbons (Fsp3) is 0.364. The van der Waals surface area contributed by atoms with Gasteiger partial charge in [0.05, 0.1) is 5.39 Å². The average molecular weight is 427 g/mol. The number of carboxylic acids is 1. The van der Waals surface area contributed by atoms with Crippen LogP contribution in [0.2, 0.25) is 0 Å². The number of fused-ring (bicyclic) bond motifs is 1. The summed E-state index contributed by atoms with van der Waals surface area (Å²) < 4.78 is 0. The Morgan fingerprint density at radius 3 is 2.60 bits per heavy atom. The monoisotopic (exact) mass is 426 g/mol. The molecule has 0 aliphatic heterocycles. The summed E-state index contributed by atoms with van der Waals surface area (Å²) >= 11 is 1.60. The molecule has 30 heavy (non-hydrogen) atoms. The van der Waals surface area contributed by atoms with Crippen molar-refractivity contribution in [2.24, 2.45) is 5.92 Å². The third-order valence-electron chi connectivity index (χ3n) is 4.74. The standard InChI is InChI=1S/C22H26N4O3S/c1-14(2)11-17(22(28)29)25-19(27)9-10-26(3)20-16-12-18(15-7-5-4-6-8-15)30-21(16)24-13-23-20/h4-8,12-14,17H,9-11H2,1-3H3,(H,25,27)(H,28,29). The smallest absolute Gasteiger partial charge is 0.326 e. The number of thiophene rings is 1. The molecule has 3 rings (SSSR count). The number of benzene rings is 1. The van der Waals surface area contributed by atoms with Crippen molar-refractivity contribution in [3.05, 3.63) is 42.7 Å². The van der Waals surface area contributed by atoms with E-state index < -0.39 is 12.0 Å². The Balaban J connectivity index is 1.69. The first-order chi connectivity index (χ1) is 14.3. The lowest BCUT2D eigenvalue weighted by Crippen LogP contribution is -2.42. The third kappa shape index (κ3) is 5.33. The molecule has 8 heteroatoms. The topological polar surface area (TPSA) is 95.4 Å². The van der Waals surface area contributed by atoms with Crippen molar-refractivity contribution in [2.75, 3.05) is 18.5 Å². The lowest BCUT2D eigenvalue weighted by molar-refractivity contribution is -0.142. The summed E-state index contributed by atoms with van der Waals surface area (Å²) in [4.78, 5) is 36.4. The van der Waals surface area contributed by atoms with Crippen molar-refractivity contribution in [1.29, 1.82) is 0 Å². The molecule has 1 unspecified atom stereocenters. The number of carbonyl (C=O) groups is 2. The summed E-state index contributed by atoms with van der Waals surface area (Å²) in [7, 11) is 1.87. The highest BCUT2D eigenvalue weighted by atomic mass is 32.1. The number of carboxylic acid groups (broad SMARTS) is 1. The maximum Gasteiger partial charge on any atom is 0.326 e. The van der Waals surface area contributed by atoms with E-state index in [1.807, 2.05) is 44.0 Å². The van der Waals surface area contributed by atoms with Crippen LogP contribution in [0.1, 0.15) is 26.7 Å². The molecule has 0 saturated carbocycles. The van der Waals surface area contributed by atoms with E-state index in [0.717, 1.165) is 26.5 Å². The second-order valence-electron chi connectivity index (χ2n) is 7.65. The molecule has 7 nitrogen and oxygen atoms in total. The van der Waals surface area contributed by atoms with E-state index >= 15 is 0 Å². The van der Waals surface area contributed by atoms with Gasteiger partial charge in [-0.1, -0.05) is 44.2 Å². The summed E-state index contributed by atoms with van der Waals surface area (Å²) in [6.07, 6.45) is 2.11. The van der Waals surface area contributed by atoms with Gasteiger partial charge < -0.3 is 15.3 Å². The summed E-state index contributed by atoms with van der Waals surface area (Å²) in [5.74, 6) is -0.353. The summed E-state index contributed by atoms with van der Waals surface area (Å²) in [6.45, 7) is 4.28. The van der Waals surface area contributed by atoms with E-state index in [1.54, 1.807) is 11.3 Å². The maximum absolute atomic E-state index is 12.3. The molecule has 1 aromatic carbocycles. The Labute approximate surface area is 179 Å². The van der Waals surface area contributed by atoms with E-state index in [1.165, 1.54) is 6.33 Å². The number of nitrogens with one attached hydrogen (secondary N) is 1. The first-order valence-electron chi connectivity index (χ1n) is 9.88. The van der Waals surface area contributed by atoms with Gasteiger partial charge in [0.15, 0.2) is 0 Å². The Kier molecular flexibility index (Phi) is 6.99. The second-order valence-corrected chi connectivity index (χ2v) is 8.68. The van der Waals surface area contributed by atoms with Gasteiger partial charge in [-0.15, -0.1) is 11.3 Å². The van der Waals surface area contributed by atoms with Crippen LogP contribution < -0.4 is 10.2 Å². The van der Waals surface area contributed by atoms with E-state index in [0.29, 0.717) is 13.0 Å². The number of amides is 1. The van der Waals surface area contributed by atoms with Crippen LogP contribution in [0.15, 0.2) is 42.7 Å². The Hall–Kier alpha value is -3.00. The summed E-state index contributed by atoms with van der Waals surface area (Å²) in [5.41, 5.74) is 1.12. The molecule has 2 heterocycles. The molecule has 0 fully saturated rings. The van der Waals surface area contributed by atoms with Crippen molar-refractivity contribution in [3.8, 4) is 10.4 Å². The van der Waals surface area contributed by atoms with Gasteiger partial charge in [0, 0.05) is 24.9 Å². The van der Waals surface area contributed by atoms with Gasteiger partial charge in [-0.2, -0.15) is 0 Å². The van der Waals surface area contributed by atoms with Gasteiger partial charge in [0.2, 0.25) is 5.91 Å². The molecular formula is C22H26N4O3S. The number of hydrogen-bond acceptors (Lipinski definition) is 6. The van der Waals surface area contributed by atoms with E-state index in [4.69, 9.17) is 0 Å². The van der Waals surface area contributed by atoms with Crippen LogP contribution in [0, 0.1) is 5.92 Å². The van der Waals surface area contributed by atoms with Crippen molar-refractivity contribution < 1.29 is 14.7 Å². The predicted molar refractivity (Wildman–Crippen MR) is 120 cm³/mol. The highest BCUT2D eigenvalue weighted by Crippen LogP contribution is 2.35. The van der Waals surface area contributed by atoms with Crippen molar-refractivity contribution in [3.63, 3.8) is 0 Å². The Morgan fingerprint density at radius 1 is 1.20 bits per heavy atom. The molecule has 1 atom stereocenters. The largest absolute Gasteiger partial charge is 0.480 e. The van der Waals surface area contributed by atoms with E-state index in [9.17, 15) is 14.7 Å². The lowest BCUT2D eigenvalue weighted by Gasteiger charge is -2.20. The molecule has 158 valence electrons. The van der Waals surface area contributed by atoms with Crippen LogP contribution in [0.5, 0.6) is 0 Å². The number of aromatic nitrogens is 2. The van der Waals surface area contributed by atoms with Gasteiger partial charge in [-0.3, -0.25) is 4.79 Å². The second kappa shape index (κ2) is 9.67. The van der Waals surface area contributed by atoms with Crippen molar-refractivity contribution >= 4 is 39.2 Å². The minimum absolute atomic E-state index is 0.180. The van der Waals surface area contributed by atoms with Crippen LogP contribution in [0.3, 0.4) is 0 Å². The first-order valence-corrected chi connectivity index (χ1v) is 10.7. The number of nitrogens with zero attached hydrogens (tertiary/aromatic N) is 3. The van der Waals surface area contributed by atoms with Crippen LogP contribution in [-0.2, 0) is 9.59 Å². The molecule has 1 amide bonds. The molecule has 0 aliphatic carbocycles. The van der Waals surface area contributed by atoms with Gasteiger partial charge in [0.1, 0.15) is 23.0 Å². The minimum atomic E-state index is -1.00. The molecule has 0 aliphatic rings. The van der Waals surface area contributed by atoms with Crippen molar-refractivity contribution in [2.45, 2.75) is 32.7 Å². The lowest BCUT2D eigenvalue weighted by atomic mass is 10.0. The maximum atomic E-state index is 12.3.